The summed E-state index contributed by atoms with van der Waals surface area (Å²) in [5, 5.41) is 9.33. The highest BCUT2D eigenvalue weighted by atomic mass is 19.4. The van der Waals surface area contributed by atoms with Crippen LogP contribution in [0.5, 0.6) is 0 Å². The Labute approximate surface area is 83.6 Å². The van der Waals surface area contributed by atoms with Gasteiger partial charge in [-0.2, -0.15) is 0 Å². The number of halogens is 3. The van der Waals surface area contributed by atoms with Gasteiger partial charge in [0.1, 0.15) is 0 Å². The Balaban J connectivity index is 2.79. The molecule has 1 aromatic heterocycles. The normalized spacial score (nSPS) is 12.3. The van der Waals surface area contributed by atoms with Gasteiger partial charge in [0.05, 0.1) is 17.8 Å². The van der Waals surface area contributed by atoms with Gasteiger partial charge in [0.25, 0.3) is 0 Å². The summed E-state index contributed by atoms with van der Waals surface area (Å²) in [6.45, 7) is -0.631. The first-order valence-corrected chi connectivity index (χ1v) is 4.31. The molecule has 1 aromatic carbocycles. The van der Waals surface area contributed by atoms with Crippen molar-refractivity contribution in [2.24, 2.45) is 0 Å². The first-order valence-electron chi connectivity index (χ1n) is 4.31. The quantitative estimate of drug-likeness (QED) is 0.777. The minimum Gasteiger partial charge on any atom is -0.390 e. The molecule has 0 amide bonds. The van der Waals surface area contributed by atoms with Gasteiger partial charge in [0.15, 0.2) is 0 Å². The Morgan fingerprint density at radius 2 is 1.87 bits per heavy atom. The molecule has 0 saturated heterocycles. The van der Waals surface area contributed by atoms with Crippen LogP contribution in [0.4, 0.5) is 13.2 Å². The molecular weight excluding hydrogens is 207 g/mol. The van der Waals surface area contributed by atoms with Crippen molar-refractivity contribution in [3.63, 3.8) is 0 Å². The monoisotopic (exact) mass is 215 g/mol. The smallest absolute Gasteiger partial charge is 0.390 e. The summed E-state index contributed by atoms with van der Waals surface area (Å²) in [4.78, 5) is 0. The molecule has 0 fully saturated rings. The Morgan fingerprint density at radius 1 is 1.20 bits per heavy atom. The fourth-order valence-corrected chi connectivity index (χ4v) is 1.63. The number of fused-ring (bicyclic) bond motifs is 1. The average Bonchev–Trinajstić information content (AvgIpc) is 2.54. The van der Waals surface area contributed by atoms with Crippen LogP contribution in [0.1, 0.15) is 5.69 Å². The van der Waals surface area contributed by atoms with Crippen molar-refractivity contribution in [2.45, 2.75) is 12.9 Å². The molecule has 2 aromatic rings. The van der Waals surface area contributed by atoms with E-state index in [0.29, 0.717) is 5.39 Å². The molecule has 0 unspecified atom stereocenters. The van der Waals surface area contributed by atoms with E-state index in [1.807, 2.05) is 0 Å². The second-order valence-corrected chi connectivity index (χ2v) is 3.16. The Hall–Kier alpha value is -1.49. The van der Waals surface area contributed by atoms with Crippen LogP contribution in [0.2, 0.25) is 0 Å². The van der Waals surface area contributed by atoms with Crippen molar-refractivity contribution >= 4 is 10.9 Å². The minimum absolute atomic E-state index is 0.0639. The fraction of sp³-hybridized carbons (Fsp3) is 0.200. The van der Waals surface area contributed by atoms with E-state index in [0.717, 1.165) is 0 Å². The first-order chi connectivity index (χ1) is 7.04. The number of hydrogen-bond acceptors (Lipinski definition) is 1. The van der Waals surface area contributed by atoms with Crippen LogP contribution >= 0.6 is 0 Å². The molecule has 2 nitrogen and oxygen atoms in total. The molecule has 0 aliphatic rings. The molecule has 0 aliphatic carbocycles. The van der Waals surface area contributed by atoms with Crippen molar-refractivity contribution in [1.82, 2.24) is 4.57 Å². The second-order valence-electron chi connectivity index (χ2n) is 3.16. The number of para-hydroxylation sites is 1. The van der Waals surface area contributed by atoms with E-state index in [-0.39, 0.29) is 15.8 Å². The lowest BCUT2D eigenvalue weighted by Gasteiger charge is -2.12. The summed E-state index contributed by atoms with van der Waals surface area (Å²) in [7, 11) is 0. The van der Waals surface area contributed by atoms with Gasteiger partial charge < -0.3 is 5.11 Å². The van der Waals surface area contributed by atoms with Crippen molar-refractivity contribution in [1.29, 1.82) is 0 Å². The van der Waals surface area contributed by atoms with Crippen LogP contribution in [0.25, 0.3) is 10.9 Å². The van der Waals surface area contributed by atoms with Gasteiger partial charge in [0, 0.05) is 5.39 Å². The summed E-state index contributed by atoms with van der Waals surface area (Å²) < 4.78 is 38.1. The van der Waals surface area contributed by atoms with E-state index in [9.17, 15) is 13.2 Å². The minimum atomic E-state index is -4.50. The molecular formula is C10H8F3NO. The predicted molar refractivity (Wildman–Crippen MR) is 49.2 cm³/mol. The van der Waals surface area contributed by atoms with Gasteiger partial charge in [0.2, 0.25) is 0 Å². The Morgan fingerprint density at radius 3 is 2.47 bits per heavy atom. The summed E-state index contributed by atoms with van der Waals surface area (Å²) in [5.41, 5.74) is -0.0854. The SMILES string of the molecule is OCc1cc2ccccc2n1C(F)(F)F. The van der Waals surface area contributed by atoms with Crippen LogP contribution in [0.15, 0.2) is 30.3 Å². The maximum absolute atomic E-state index is 12.7. The first kappa shape index (κ1) is 10.0. The number of rotatable bonds is 1. The molecule has 0 aliphatic heterocycles. The highest BCUT2D eigenvalue weighted by Crippen LogP contribution is 2.31. The van der Waals surface area contributed by atoms with Crippen LogP contribution in [0, 0.1) is 0 Å². The fourth-order valence-electron chi connectivity index (χ4n) is 1.63. The van der Waals surface area contributed by atoms with Gasteiger partial charge in [-0.3, -0.25) is 4.57 Å². The van der Waals surface area contributed by atoms with E-state index < -0.39 is 12.9 Å². The zero-order valence-electron chi connectivity index (χ0n) is 7.62. The lowest BCUT2D eigenvalue weighted by molar-refractivity contribution is -0.202. The zero-order valence-corrected chi connectivity index (χ0v) is 7.62. The summed E-state index contributed by atoms with van der Waals surface area (Å²) in [6.07, 6.45) is -4.50. The Bertz CT molecular complexity index is 487. The van der Waals surface area contributed by atoms with Crippen LogP contribution in [-0.2, 0) is 12.9 Å². The van der Waals surface area contributed by atoms with E-state index in [1.165, 1.54) is 18.2 Å². The average molecular weight is 215 g/mol. The molecule has 2 rings (SSSR count). The number of nitrogens with zero attached hydrogens (tertiary/aromatic N) is 1. The van der Waals surface area contributed by atoms with E-state index >= 15 is 0 Å². The third-order valence-corrected chi connectivity index (χ3v) is 2.20. The lowest BCUT2D eigenvalue weighted by atomic mass is 10.2. The second kappa shape index (κ2) is 3.27. The third-order valence-electron chi connectivity index (χ3n) is 2.20. The van der Waals surface area contributed by atoms with Crippen LogP contribution in [0.3, 0.4) is 0 Å². The molecule has 0 saturated carbocycles. The number of hydrogen-bond donors (Lipinski definition) is 1. The van der Waals surface area contributed by atoms with Crippen molar-refractivity contribution in [3.8, 4) is 0 Å². The van der Waals surface area contributed by atoms with Crippen molar-refractivity contribution in [3.05, 3.63) is 36.0 Å². The highest BCUT2D eigenvalue weighted by Gasteiger charge is 2.34. The van der Waals surface area contributed by atoms with Crippen molar-refractivity contribution < 1.29 is 18.3 Å². The molecule has 1 heterocycles. The molecule has 0 atom stereocenters. The van der Waals surface area contributed by atoms with Gasteiger partial charge in [-0.25, -0.2) is 0 Å². The highest BCUT2D eigenvalue weighted by molar-refractivity contribution is 5.81. The number of aromatic nitrogens is 1. The molecule has 5 heteroatoms. The summed E-state index contributed by atoms with van der Waals surface area (Å²) >= 11 is 0. The number of aliphatic hydroxyl groups is 1. The van der Waals surface area contributed by atoms with Gasteiger partial charge in [-0.05, 0) is 12.1 Å². The number of aliphatic hydroxyl groups excluding tert-OH is 1. The molecule has 0 spiro atoms. The standard InChI is InChI=1S/C10H8F3NO/c11-10(12,13)14-8(6-15)5-7-3-1-2-4-9(7)14/h1-5,15H,6H2. The van der Waals surface area contributed by atoms with E-state index in [1.54, 1.807) is 12.1 Å². The maximum atomic E-state index is 12.7. The van der Waals surface area contributed by atoms with Crippen LogP contribution < -0.4 is 0 Å². The topological polar surface area (TPSA) is 25.2 Å². The van der Waals surface area contributed by atoms with Gasteiger partial charge in [-0.1, -0.05) is 18.2 Å². The maximum Gasteiger partial charge on any atom is 0.489 e. The zero-order chi connectivity index (χ0) is 11.1. The Kier molecular flexibility index (Phi) is 2.19. The van der Waals surface area contributed by atoms with Gasteiger partial charge >= 0.3 is 6.30 Å². The van der Waals surface area contributed by atoms with E-state index in [2.05, 4.69) is 0 Å². The molecule has 0 radical (unpaired) electrons. The number of benzene rings is 1. The molecule has 0 bridgehead atoms. The molecule has 80 valence electrons. The number of alkyl halides is 3. The largest absolute Gasteiger partial charge is 0.489 e. The summed E-state index contributed by atoms with van der Waals surface area (Å²) in [6, 6.07) is 7.48. The van der Waals surface area contributed by atoms with E-state index in [4.69, 9.17) is 5.11 Å². The van der Waals surface area contributed by atoms with Gasteiger partial charge in [-0.15, -0.1) is 13.2 Å². The third kappa shape index (κ3) is 1.59. The molecule has 1 N–H and O–H groups in total. The van der Waals surface area contributed by atoms with Crippen molar-refractivity contribution in [2.75, 3.05) is 0 Å². The predicted octanol–water partition coefficient (Wildman–Crippen LogP) is 2.61. The molecule has 15 heavy (non-hydrogen) atoms. The van der Waals surface area contributed by atoms with Crippen LogP contribution in [-0.4, -0.2) is 9.67 Å². The lowest BCUT2D eigenvalue weighted by Crippen LogP contribution is -2.18. The summed E-state index contributed by atoms with van der Waals surface area (Å²) in [5.74, 6) is 0.